The number of nitrogens with zero attached hydrogens (tertiary/aromatic N) is 3. The van der Waals surface area contributed by atoms with E-state index >= 15 is 0 Å². The van der Waals surface area contributed by atoms with Gasteiger partial charge in [-0.25, -0.2) is 0 Å². The summed E-state index contributed by atoms with van der Waals surface area (Å²) >= 11 is 0. The Balaban J connectivity index is 1.77. The van der Waals surface area contributed by atoms with Gasteiger partial charge in [0.1, 0.15) is 5.82 Å². The number of aromatic nitrogens is 2. The quantitative estimate of drug-likeness (QED) is 0.885. The third kappa shape index (κ3) is 4.16. The Morgan fingerprint density at radius 1 is 1.40 bits per heavy atom. The summed E-state index contributed by atoms with van der Waals surface area (Å²) < 4.78 is 5.67. The van der Waals surface area contributed by atoms with Crippen LogP contribution in [0.25, 0.3) is 0 Å². The summed E-state index contributed by atoms with van der Waals surface area (Å²) in [6.07, 6.45) is 4.91. The zero-order valence-corrected chi connectivity index (χ0v) is 12.1. The van der Waals surface area contributed by atoms with E-state index in [0.29, 0.717) is 17.6 Å². The summed E-state index contributed by atoms with van der Waals surface area (Å²) in [5, 5.41) is 11.2. The van der Waals surface area contributed by atoms with Gasteiger partial charge in [-0.3, -0.25) is 4.79 Å². The highest BCUT2D eigenvalue weighted by Crippen LogP contribution is 2.15. The van der Waals surface area contributed by atoms with Crippen LogP contribution in [0, 0.1) is 0 Å². The van der Waals surface area contributed by atoms with Gasteiger partial charge >= 0.3 is 0 Å². The molecule has 0 bridgehead atoms. The fraction of sp³-hybridized carbons (Fsp3) is 0.643. The van der Waals surface area contributed by atoms with E-state index in [4.69, 9.17) is 4.74 Å². The second-order valence-corrected chi connectivity index (χ2v) is 5.21. The van der Waals surface area contributed by atoms with Crippen LogP contribution in [0.5, 0.6) is 0 Å². The van der Waals surface area contributed by atoms with Crippen LogP contribution in [0.3, 0.4) is 0 Å². The number of carbonyl (C=O) groups excluding carboxylic acids is 1. The lowest BCUT2D eigenvalue weighted by molar-refractivity contribution is 0.0134. The number of rotatable bonds is 5. The Kier molecular flexibility index (Phi) is 5.29. The number of hydrogen-bond donors (Lipinski definition) is 1. The molecule has 6 heteroatoms. The Hall–Kier alpha value is -1.69. The molecule has 1 aliphatic rings. The molecule has 2 heterocycles. The lowest BCUT2D eigenvalue weighted by Crippen LogP contribution is -2.23. The van der Waals surface area contributed by atoms with Crippen LogP contribution < -0.4 is 5.32 Å². The molecule has 1 aliphatic heterocycles. The standard InChI is InChI=1S/C14H22N4O2/c1-18(2)14(19)12-6-7-13(17-16-12)15-9-8-11-5-3-4-10-20-11/h6-7,11H,3-5,8-10H2,1-2H3,(H,15,17). The van der Waals surface area contributed by atoms with Crippen LogP contribution in [-0.4, -0.2) is 54.4 Å². The molecule has 20 heavy (non-hydrogen) atoms. The van der Waals surface area contributed by atoms with E-state index in [-0.39, 0.29) is 5.91 Å². The average molecular weight is 278 g/mol. The molecule has 0 aromatic carbocycles. The van der Waals surface area contributed by atoms with Gasteiger partial charge in [-0.2, -0.15) is 0 Å². The first-order valence-corrected chi connectivity index (χ1v) is 7.07. The second-order valence-electron chi connectivity index (χ2n) is 5.21. The summed E-state index contributed by atoms with van der Waals surface area (Å²) in [6.45, 7) is 1.69. The number of nitrogens with one attached hydrogen (secondary N) is 1. The molecule has 1 aromatic heterocycles. The van der Waals surface area contributed by atoms with Crippen molar-refractivity contribution in [2.45, 2.75) is 31.8 Å². The van der Waals surface area contributed by atoms with E-state index < -0.39 is 0 Å². The SMILES string of the molecule is CN(C)C(=O)c1ccc(NCCC2CCCCO2)nn1. The topological polar surface area (TPSA) is 67.4 Å². The molecule has 1 N–H and O–H groups in total. The molecular formula is C14H22N4O2. The van der Waals surface area contributed by atoms with Gasteiger partial charge in [-0.15, -0.1) is 10.2 Å². The first-order chi connectivity index (χ1) is 9.66. The van der Waals surface area contributed by atoms with Crippen molar-refractivity contribution in [1.82, 2.24) is 15.1 Å². The molecule has 1 fully saturated rings. The van der Waals surface area contributed by atoms with E-state index in [1.165, 1.54) is 17.7 Å². The minimum Gasteiger partial charge on any atom is -0.378 e. The van der Waals surface area contributed by atoms with Gasteiger partial charge in [0.25, 0.3) is 5.91 Å². The highest BCUT2D eigenvalue weighted by atomic mass is 16.5. The fourth-order valence-electron chi connectivity index (χ4n) is 2.17. The van der Waals surface area contributed by atoms with Gasteiger partial charge in [0, 0.05) is 27.2 Å². The van der Waals surface area contributed by atoms with E-state index in [1.807, 2.05) is 0 Å². The van der Waals surface area contributed by atoms with Crippen LogP contribution in [0.4, 0.5) is 5.82 Å². The average Bonchev–Trinajstić information content (AvgIpc) is 2.48. The van der Waals surface area contributed by atoms with Crippen molar-refractivity contribution < 1.29 is 9.53 Å². The van der Waals surface area contributed by atoms with Crippen molar-refractivity contribution in [2.75, 3.05) is 32.6 Å². The minimum atomic E-state index is -0.139. The molecule has 0 saturated carbocycles. The number of ether oxygens (including phenoxy) is 1. The van der Waals surface area contributed by atoms with Crippen LogP contribution in [0.2, 0.25) is 0 Å². The molecular weight excluding hydrogens is 256 g/mol. The van der Waals surface area contributed by atoms with E-state index in [9.17, 15) is 4.79 Å². The molecule has 1 atom stereocenters. The highest BCUT2D eigenvalue weighted by molar-refractivity contribution is 5.91. The maximum absolute atomic E-state index is 11.7. The molecule has 1 unspecified atom stereocenters. The highest BCUT2D eigenvalue weighted by Gasteiger charge is 2.13. The maximum Gasteiger partial charge on any atom is 0.273 e. The van der Waals surface area contributed by atoms with Gasteiger partial charge in [-0.05, 0) is 37.8 Å². The Morgan fingerprint density at radius 2 is 2.25 bits per heavy atom. The zero-order chi connectivity index (χ0) is 14.4. The predicted octanol–water partition coefficient (Wildman–Crippen LogP) is 1.55. The van der Waals surface area contributed by atoms with E-state index in [1.54, 1.807) is 26.2 Å². The smallest absolute Gasteiger partial charge is 0.273 e. The van der Waals surface area contributed by atoms with Crippen molar-refractivity contribution in [1.29, 1.82) is 0 Å². The number of carbonyl (C=O) groups is 1. The third-order valence-corrected chi connectivity index (χ3v) is 3.34. The molecule has 0 radical (unpaired) electrons. The molecule has 110 valence electrons. The Morgan fingerprint density at radius 3 is 2.85 bits per heavy atom. The summed E-state index contributed by atoms with van der Waals surface area (Å²) in [7, 11) is 3.39. The second kappa shape index (κ2) is 7.19. The van der Waals surface area contributed by atoms with Crippen molar-refractivity contribution in [3.8, 4) is 0 Å². The first kappa shape index (κ1) is 14.7. The fourth-order valence-corrected chi connectivity index (χ4v) is 2.17. The lowest BCUT2D eigenvalue weighted by atomic mass is 10.1. The monoisotopic (exact) mass is 278 g/mol. The van der Waals surface area contributed by atoms with E-state index in [0.717, 1.165) is 26.0 Å². The van der Waals surface area contributed by atoms with Crippen molar-refractivity contribution in [3.63, 3.8) is 0 Å². The Labute approximate surface area is 119 Å². The maximum atomic E-state index is 11.7. The molecule has 0 spiro atoms. The summed E-state index contributed by atoms with van der Waals surface area (Å²) in [5.74, 6) is 0.552. The summed E-state index contributed by atoms with van der Waals surface area (Å²) in [5.41, 5.74) is 0.358. The van der Waals surface area contributed by atoms with Gasteiger partial charge in [0.15, 0.2) is 5.69 Å². The van der Waals surface area contributed by atoms with Crippen LogP contribution in [-0.2, 0) is 4.74 Å². The van der Waals surface area contributed by atoms with Crippen LogP contribution in [0.15, 0.2) is 12.1 Å². The minimum absolute atomic E-state index is 0.139. The number of anilines is 1. The number of amides is 1. The normalized spacial score (nSPS) is 18.6. The zero-order valence-electron chi connectivity index (χ0n) is 12.1. The van der Waals surface area contributed by atoms with Gasteiger partial charge < -0.3 is 15.0 Å². The molecule has 2 rings (SSSR count). The van der Waals surface area contributed by atoms with Gasteiger partial charge in [-0.1, -0.05) is 0 Å². The molecule has 1 saturated heterocycles. The Bertz CT molecular complexity index is 427. The summed E-state index contributed by atoms with van der Waals surface area (Å²) in [6, 6.07) is 3.47. The predicted molar refractivity (Wildman–Crippen MR) is 76.7 cm³/mol. The first-order valence-electron chi connectivity index (χ1n) is 7.07. The van der Waals surface area contributed by atoms with Crippen molar-refractivity contribution in [2.24, 2.45) is 0 Å². The molecule has 1 aromatic rings. The van der Waals surface area contributed by atoms with Gasteiger partial charge in [0.05, 0.1) is 6.10 Å². The largest absolute Gasteiger partial charge is 0.378 e. The van der Waals surface area contributed by atoms with Crippen LogP contribution in [0.1, 0.15) is 36.2 Å². The van der Waals surface area contributed by atoms with Gasteiger partial charge in [0.2, 0.25) is 0 Å². The molecule has 0 aliphatic carbocycles. The van der Waals surface area contributed by atoms with E-state index in [2.05, 4.69) is 15.5 Å². The van der Waals surface area contributed by atoms with Crippen molar-refractivity contribution >= 4 is 11.7 Å². The number of hydrogen-bond acceptors (Lipinski definition) is 5. The molecule has 1 amide bonds. The lowest BCUT2D eigenvalue weighted by Gasteiger charge is -2.22. The van der Waals surface area contributed by atoms with Crippen molar-refractivity contribution in [3.05, 3.63) is 17.8 Å². The molecule has 6 nitrogen and oxygen atoms in total. The third-order valence-electron chi connectivity index (χ3n) is 3.34. The summed E-state index contributed by atoms with van der Waals surface area (Å²) in [4.78, 5) is 13.1. The van der Waals surface area contributed by atoms with Crippen LogP contribution >= 0.6 is 0 Å².